The molecule has 1 aromatic heterocycles. The van der Waals surface area contributed by atoms with Crippen molar-refractivity contribution in [2.75, 3.05) is 13.2 Å². The number of aromatic nitrogens is 1. The van der Waals surface area contributed by atoms with Gasteiger partial charge in [-0.1, -0.05) is 6.92 Å². The molecule has 0 amide bonds. The van der Waals surface area contributed by atoms with Crippen LogP contribution in [-0.2, 0) is 22.4 Å². The minimum Gasteiger partial charge on any atom is -0.481 e. The van der Waals surface area contributed by atoms with Crippen molar-refractivity contribution < 1.29 is 14.6 Å². The molecule has 82 valence electrons. The van der Waals surface area contributed by atoms with Crippen LogP contribution in [0.2, 0.25) is 0 Å². The molecule has 0 bridgehead atoms. The van der Waals surface area contributed by atoms with Crippen LogP contribution in [0.3, 0.4) is 0 Å². The Bertz CT molecular complexity index is 370. The molecule has 0 saturated carbocycles. The smallest absolute Gasteiger partial charge is 0.314 e. The van der Waals surface area contributed by atoms with E-state index in [2.05, 4.69) is 4.98 Å². The molecule has 5 heteroatoms. The average Bonchev–Trinajstić information content (AvgIpc) is 2.58. The Morgan fingerprint density at radius 3 is 2.87 bits per heavy atom. The minimum absolute atomic E-state index is 0.309. The SMILES string of the molecule is CCc1csc(CC2(C(=O)O)COC2)n1. The van der Waals surface area contributed by atoms with Gasteiger partial charge in [0.1, 0.15) is 5.41 Å². The Hall–Kier alpha value is -0.940. The topological polar surface area (TPSA) is 59.4 Å². The molecule has 4 nitrogen and oxygen atoms in total. The number of rotatable bonds is 4. The molecule has 1 saturated heterocycles. The van der Waals surface area contributed by atoms with Crippen LogP contribution >= 0.6 is 11.3 Å². The molecular weight excluding hydrogens is 214 g/mol. The highest BCUT2D eigenvalue weighted by Crippen LogP contribution is 2.33. The van der Waals surface area contributed by atoms with Gasteiger partial charge in [-0.3, -0.25) is 4.79 Å². The van der Waals surface area contributed by atoms with Gasteiger partial charge in [-0.15, -0.1) is 11.3 Å². The quantitative estimate of drug-likeness (QED) is 0.843. The molecule has 2 heterocycles. The van der Waals surface area contributed by atoms with Crippen LogP contribution < -0.4 is 0 Å². The third-order valence-corrected chi connectivity index (χ3v) is 3.56. The second-order valence-corrected chi connectivity index (χ2v) is 4.78. The Labute approximate surface area is 91.9 Å². The number of aliphatic carboxylic acids is 1. The van der Waals surface area contributed by atoms with Crippen LogP contribution in [0.15, 0.2) is 5.38 Å². The number of thiazole rings is 1. The fourth-order valence-electron chi connectivity index (χ4n) is 1.53. The third kappa shape index (κ3) is 1.89. The summed E-state index contributed by atoms with van der Waals surface area (Å²) in [7, 11) is 0. The standard InChI is InChI=1S/C10H13NO3S/c1-2-7-4-15-8(11-7)3-10(9(12)13)5-14-6-10/h4H,2-3,5-6H2,1H3,(H,12,13). The van der Waals surface area contributed by atoms with Crippen LogP contribution in [0.1, 0.15) is 17.6 Å². The predicted octanol–water partition coefficient (Wildman–Crippen LogP) is 1.35. The van der Waals surface area contributed by atoms with Crippen molar-refractivity contribution in [1.82, 2.24) is 4.98 Å². The average molecular weight is 227 g/mol. The minimum atomic E-state index is -0.776. The number of hydrogen-bond acceptors (Lipinski definition) is 4. The lowest BCUT2D eigenvalue weighted by Gasteiger charge is -2.36. The van der Waals surface area contributed by atoms with E-state index in [0.29, 0.717) is 19.6 Å². The fourth-order valence-corrected chi connectivity index (χ4v) is 2.55. The van der Waals surface area contributed by atoms with Crippen molar-refractivity contribution in [3.63, 3.8) is 0 Å². The van der Waals surface area contributed by atoms with Gasteiger partial charge in [0.25, 0.3) is 0 Å². The van der Waals surface area contributed by atoms with E-state index in [1.54, 1.807) is 0 Å². The summed E-state index contributed by atoms with van der Waals surface area (Å²) in [6, 6.07) is 0. The maximum atomic E-state index is 11.1. The molecular formula is C10H13NO3S. The van der Waals surface area contributed by atoms with Crippen molar-refractivity contribution in [3.8, 4) is 0 Å². The Balaban J connectivity index is 2.10. The van der Waals surface area contributed by atoms with Gasteiger partial charge in [-0.05, 0) is 6.42 Å². The first-order valence-electron chi connectivity index (χ1n) is 4.91. The predicted molar refractivity (Wildman–Crippen MR) is 56.1 cm³/mol. The highest BCUT2D eigenvalue weighted by molar-refractivity contribution is 7.09. The van der Waals surface area contributed by atoms with Gasteiger partial charge >= 0.3 is 5.97 Å². The van der Waals surface area contributed by atoms with Crippen molar-refractivity contribution in [2.24, 2.45) is 5.41 Å². The van der Waals surface area contributed by atoms with Crippen LogP contribution in [0.4, 0.5) is 0 Å². The lowest BCUT2D eigenvalue weighted by atomic mass is 9.83. The van der Waals surface area contributed by atoms with Gasteiger partial charge in [0.2, 0.25) is 0 Å². The van der Waals surface area contributed by atoms with Crippen molar-refractivity contribution >= 4 is 17.3 Å². The number of nitrogens with zero attached hydrogens (tertiary/aromatic N) is 1. The number of aryl methyl sites for hydroxylation is 1. The molecule has 1 aliphatic rings. The summed E-state index contributed by atoms with van der Waals surface area (Å²) >= 11 is 1.54. The normalized spacial score (nSPS) is 18.5. The second-order valence-electron chi connectivity index (χ2n) is 3.84. The third-order valence-electron chi connectivity index (χ3n) is 2.66. The summed E-state index contributed by atoms with van der Waals surface area (Å²) in [6.07, 6.45) is 1.39. The molecule has 0 aliphatic carbocycles. The molecule has 0 unspecified atom stereocenters. The van der Waals surface area contributed by atoms with E-state index in [-0.39, 0.29) is 0 Å². The number of carboxylic acid groups (broad SMARTS) is 1. The first kappa shape index (κ1) is 10.6. The molecule has 15 heavy (non-hydrogen) atoms. The molecule has 1 fully saturated rings. The van der Waals surface area contributed by atoms with Crippen molar-refractivity contribution in [2.45, 2.75) is 19.8 Å². The van der Waals surface area contributed by atoms with Crippen molar-refractivity contribution in [3.05, 3.63) is 16.1 Å². The number of ether oxygens (including phenoxy) is 1. The molecule has 0 aromatic carbocycles. The van der Waals surface area contributed by atoms with Gasteiger partial charge in [0, 0.05) is 11.8 Å². The van der Waals surface area contributed by atoms with E-state index in [1.165, 1.54) is 11.3 Å². The van der Waals surface area contributed by atoms with Crippen LogP contribution in [0.5, 0.6) is 0 Å². The molecule has 0 spiro atoms. The van der Waals surface area contributed by atoms with E-state index < -0.39 is 11.4 Å². The zero-order valence-corrected chi connectivity index (χ0v) is 9.34. The number of hydrogen-bond donors (Lipinski definition) is 1. The van der Waals surface area contributed by atoms with Crippen LogP contribution in [0, 0.1) is 5.41 Å². The number of carbonyl (C=O) groups is 1. The highest BCUT2D eigenvalue weighted by atomic mass is 32.1. The largest absolute Gasteiger partial charge is 0.481 e. The summed E-state index contributed by atoms with van der Waals surface area (Å²) in [5.74, 6) is -0.776. The molecule has 1 aromatic rings. The van der Waals surface area contributed by atoms with Crippen LogP contribution in [-0.4, -0.2) is 29.3 Å². The van der Waals surface area contributed by atoms with E-state index >= 15 is 0 Å². The molecule has 2 rings (SSSR count). The molecule has 1 N–H and O–H groups in total. The first-order chi connectivity index (χ1) is 7.16. The second kappa shape index (κ2) is 3.90. The van der Waals surface area contributed by atoms with E-state index in [0.717, 1.165) is 17.1 Å². The van der Waals surface area contributed by atoms with E-state index in [1.807, 2.05) is 12.3 Å². The first-order valence-corrected chi connectivity index (χ1v) is 5.79. The summed E-state index contributed by atoms with van der Waals surface area (Å²) in [5, 5.41) is 12.0. The summed E-state index contributed by atoms with van der Waals surface area (Å²) < 4.78 is 5.00. The van der Waals surface area contributed by atoms with Gasteiger partial charge in [0.15, 0.2) is 0 Å². The van der Waals surface area contributed by atoms with Gasteiger partial charge in [-0.2, -0.15) is 0 Å². The van der Waals surface area contributed by atoms with Gasteiger partial charge < -0.3 is 9.84 Å². The summed E-state index contributed by atoms with van der Waals surface area (Å²) in [4.78, 5) is 15.5. The lowest BCUT2D eigenvalue weighted by molar-refractivity contribution is -0.179. The monoisotopic (exact) mass is 227 g/mol. The maximum Gasteiger partial charge on any atom is 0.314 e. The zero-order chi connectivity index (χ0) is 10.9. The van der Waals surface area contributed by atoms with E-state index in [4.69, 9.17) is 9.84 Å². The van der Waals surface area contributed by atoms with E-state index in [9.17, 15) is 4.79 Å². The summed E-state index contributed by atoms with van der Waals surface area (Å²) in [5.41, 5.74) is 0.318. The highest BCUT2D eigenvalue weighted by Gasteiger charge is 2.46. The van der Waals surface area contributed by atoms with Crippen molar-refractivity contribution in [1.29, 1.82) is 0 Å². The molecule has 1 aliphatic heterocycles. The fraction of sp³-hybridized carbons (Fsp3) is 0.600. The molecule has 0 atom stereocenters. The molecule has 0 radical (unpaired) electrons. The zero-order valence-electron chi connectivity index (χ0n) is 8.52. The lowest BCUT2D eigenvalue weighted by Crippen LogP contribution is -2.50. The maximum absolute atomic E-state index is 11.1. The Morgan fingerprint density at radius 2 is 2.47 bits per heavy atom. The van der Waals surface area contributed by atoms with Gasteiger partial charge in [0.05, 0.1) is 23.9 Å². The Morgan fingerprint density at radius 1 is 1.73 bits per heavy atom. The van der Waals surface area contributed by atoms with Crippen LogP contribution in [0.25, 0.3) is 0 Å². The Kier molecular flexibility index (Phi) is 2.75. The van der Waals surface area contributed by atoms with Gasteiger partial charge in [-0.25, -0.2) is 4.98 Å². The summed E-state index contributed by atoms with van der Waals surface area (Å²) in [6.45, 7) is 2.66. The number of carboxylic acids is 1.